The van der Waals surface area contributed by atoms with Gasteiger partial charge in [-0.05, 0) is 48.9 Å². The van der Waals surface area contributed by atoms with Gasteiger partial charge in [0.1, 0.15) is 11.5 Å². The number of H-pyrrole nitrogens is 1. The van der Waals surface area contributed by atoms with Gasteiger partial charge in [0, 0.05) is 11.8 Å². The van der Waals surface area contributed by atoms with Crippen LogP contribution in [0.15, 0.2) is 64.3 Å². The minimum Gasteiger partial charge on any atom is -0.465 e. The van der Waals surface area contributed by atoms with E-state index in [0.717, 1.165) is 5.69 Å². The summed E-state index contributed by atoms with van der Waals surface area (Å²) in [5.74, 6) is -0.0677. The molecule has 1 aromatic carbocycles. The molecule has 0 spiro atoms. The lowest BCUT2D eigenvalue weighted by Gasteiger charge is -2.02. The highest BCUT2D eigenvalue weighted by Crippen LogP contribution is 2.13. The van der Waals surface area contributed by atoms with E-state index < -0.39 is 11.9 Å². The molecule has 3 rings (SSSR count). The van der Waals surface area contributed by atoms with Crippen molar-refractivity contribution in [1.82, 2.24) is 15.6 Å². The van der Waals surface area contributed by atoms with Crippen LogP contribution in [0, 0.1) is 6.92 Å². The SMILES string of the molecule is Cc1cc(C(=O)N/N=C/c2cccc(OC(=O)/C=C/c3ccco3)c2)n[nH]1. The summed E-state index contributed by atoms with van der Waals surface area (Å²) in [5, 5.41) is 10.4. The van der Waals surface area contributed by atoms with Gasteiger partial charge in [0.25, 0.3) is 5.91 Å². The molecule has 2 N–H and O–H groups in total. The summed E-state index contributed by atoms with van der Waals surface area (Å²) in [6.07, 6.45) is 5.74. The summed E-state index contributed by atoms with van der Waals surface area (Å²) in [5.41, 5.74) is 4.05. The second-order valence-corrected chi connectivity index (χ2v) is 5.48. The van der Waals surface area contributed by atoms with E-state index in [9.17, 15) is 9.59 Å². The van der Waals surface area contributed by atoms with E-state index in [2.05, 4.69) is 20.7 Å². The molecule has 2 aromatic heterocycles. The van der Waals surface area contributed by atoms with E-state index in [0.29, 0.717) is 17.1 Å². The van der Waals surface area contributed by atoms with Crippen LogP contribution in [-0.2, 0) is 4.79 Å². The van der Waals surface area contributed by atoms with Crippen LogP contribution >= 0.6 is 0 Å². The Labute approximate surface area is 154 Å². The molecule has 0 fully saturated rings. The molecule has 0 bridgehead atoms. The molecule has 2 heterocycles. The van der Waals surface area contributed by atoms with Crippen LogP contribution in [0.3, 0.4) is 0 Å². The summed E-state index contributed by atoms with van der Waals surface area (Å²) < 4.78 is 10.3. The fourth-order valence-electron chi connectivity index (χ4n) is 2.10. The lowest BCUT2D eigenvalue weighted by Crippen LogP contribution is -2.18. The average molecular weight is 364 g/mol. The van der Waals surface area contributed by atoms with Crippen molar-refractivity contribution in [3.8, 4) is 5.75 Å². The molecule has 0 unspecified atom stereocenters. The lowest BCUT2D eigenvalue weighted by atomic mass is 10.2. The highest BCUT2D eigenvalue weighted by molar-refractivity contribution is 5.93. The first-order chi connectivity index (χ1) is 13.1. The number of carbonyl (C=O) groups excluding carboxylic acids is 2. The number of nitrogens with zero attached hydrogens (tertiary/aromatic N) is 2. The van der Waals surface area contributed by atoms with Gasteiger partial charge in [0.05, 0.1) is 12.5 Å². The van der Waals surface area contributed by atoms with Crippen LogP contribution in [0.4, 0.5) is 0 Å². The standard InChI is InChI=1S/C19H16N4O4/c1-13-10-17(22-21-13)19(25)23-20-12-14-4-2-5-16(11-14)27-18(24)8-7-15-6-3-9-26-15/h2-12H,1H3,(H,21,22)(H,23,25)/b8-7+,20-12+. The van der Waals surface area contributed by atoms with Gasteiger partial charge in [0.2, 0.25) is 0 Å². The molecule has 8 nitrogen and oxygen atoms in total. The number of hydrogen-bond donors (Lipinski definition) is 2. The Bertz CT molecular complexity index is 987. The zero-order valence-electron chi connectivity index (χ0n) is 14.4. The van der Waals surface area contributed by atoms with Crippen LogP contribution in [-0.4, -0.2) is 28.3 Å². The summed E-state index contributed by atoms with van der Waals surface area (Å²) in [7, 11) is 0. The van der Waals surface area contributed by atoms with Crippen LogP contribution in [0.2, 0.25) is 0 Å². The quantitative estimate of drug-likeness (QED) is 0.230. The molecule has 0 atom stereocenters. The molecule has 0 aliphatic carbocycles. The molecule has 0 aliphatic rings. The van der Waals surface area contributed by atoms with Gasteiger partial charge in [-0.2, -0.15) is 10.2 Å². The van der Waals surface area contributed by atoms with Crippen molar-refractivity contribution in [3.63, 3.8) is 0 Å². The fourth-order valence-corrected chi connectivity index (χ4v) is 2.10. The molecule has 136 valence electrons. The van der Waals surface area contributed by atoms with E-state index in [1.165, 1.54) is 24.6 Å². The number of aromatic nitrogens is 2. The minimum atomic E-state index is -0.539. The topological polar surface area (TPSA) is 110 Å². The van der Waals surface area contributed by atoms with Crippen molar-refractivity contribution in [3.05, 3.63) is 77.5 Å². The normalized spacial score (nSPS) is 11.1. The van der Waals surface area contributed by atoms with Gasteiger partial charge < -0.3 is 9.15 Å². The van der Waals surface area contributed by atoms with Crippen LogP contribution in [0.5, 0.6) is 5.75 Å². The molecule has 0 aliphatic heterocycles. The van der Waals surface area contributed by atoms with Crippen molar-refractivity contribution in [1.29, 1.82) is 0 Å². The second kappa shape index (κ2) is 8.43. The van der Waals surface area contributed by atoms with Crippen LogP contribution in [0.25, 0.3) is 6.08 Å². The average Bonchev–Trinajstić information content (AvgIpc) is 3.32. The van der Waals surface area contributed by atoms with E-state index in [4.69, 9.17) is 9.15 Å². The number of aromatic amines is 1. The number of furan rings is 1. The predicted molar refractivity (Wildman–Crippen MR) is 98.2 cm³/mol. The maximum Gasteiger partial charge on any atom is 0.336 e. The molecule has 1 amide bonds. The Morgan fingerprint density at radius 2 is 2.15 bits per heavy atom. The van der Waals surface area contributed by atoms with Crippen molar-refractivity contribution in [2.75, 3.05) is 0 Å². The molecule has 27 heavy (non-hydrogen) atoms. The van der Waals surface area contributed by atoms with Crippen molar-refractivity contribution >= 4 is 24.2 Å². The van der Waals surface area contributed by atoms with Gasteiger partial charge >= 0.3 is 5.97 Å². The first-order valence-corrected chi connectivity index (χ1v) is 7.99. The number of benzene rings is 1. The summed E-state index contributed by atoms with van der Waals surface area (Å²) in [4.78, 5) is 23.7. The molecule has 0 saturated heterocycles. The number of amides is 1. The second-order valence-electron chi connectivity index (χ2n) is 5.48. The Balaban J connectivity index is 1.56. The first kappa shape index (κ1) is 17.9. The van der Waals surface area contributed by atoms with E-state index in [1.807, 2.05) is 0 Å². The number of carbonyl (C=O) groups is 2. The Morgan fingerprint density at radius 3 is 2.89 bits per heavy atom. The van der Waals surface area contributed by atoms with Crippen molar-refractivity contribution in [2.24, 2.45) is 5.10 Å². The van der Waals surface area contributed by atoms with Gasteiger partial charge in [-0.3, -0.25) is 9.89 Å². The molecule has 8 heteroatoms. The Morgan fingerprint density at radius 1 is 1.26 bits per heavy atom. The lowest BCUT2D eigenvalue weighted by molar-refractivity contribution is -0.128. The first-order valence-electron chi connectivity index (χ1n) is 7.99. The van der Waals surface area contributed by atoms with Gasteiger partial charge in [-0.25, -0.2) is 10.2 Å². The Kier molecular flexibility index (Phi) is 5.58. The van der Waals surface area contributed by atoms with E-state index >= 15 is 0 Å². The van der Waals surface area contributed by atoms with Crippen molar-refractivity contribution < 1.29 is 18.7 Å². The summed E-state index contributed by atoms with van der Waals surface area (Å²) in [6.45, 7) is 1.80. The number of nitrogens with one attached hydrogen (secondary N) is 2. The highest BCUT2D eigenvalue weighted by Gasteiger charge is 2.07. The third kappa shape index (κ3) is 5.27. The van der Waals surface area contributed by atoms with Crippen molar-refractivity contribution in [2.45, 2.75) is 6.92 Å². The molecular formula is C19H16N4O4. The Hall–Kier alpha value is -3.94. The number of aryl methyl sites for hydroxylation is 1. The molecule has 3 aromatic rings. The number of ether oxygens (including phenoxy) is 1. The largest absolute Gasteiger partial charge is 0.465 e. The minimum absolute atomic E-state index is 0.246. The molecule has 0 saturated carbocycles. The number of hydrazone groups is 1. The highest BCUT2D eigenvalue weighted by atomic mass is 16.5. The summed E-state index contributed by atoms with van der Waals surface area (Å²) >= 11 is 0. The zero-order valence-corrected chi connectivity index (χ0v) is 14.4. The zero-order chi connectivity index (χ0) is 19.1. The maximum absolute atomic E-state index is 11.8. The molecule has 0 radical (unpaired) electrons. The fraction of sp³-hybridized carbons (Fsp3) is 0.0526. The monoisotopic (exact) mass is 364 g/mol. The number of esters is 1. The van der Waals surface area contributed by atoms with E-state index in [1.54, 1.807) is 49.4 Å². The van der Waals surface area contributed by atoms with Crippen LogP contribution in [0.1, 0.15) is 27.5 Å². The third-order valence-electron chi connectivity index (χ3n) is 3.32. The number of rotatable bonds is 6. The molecular weight excluding hydrogens is 348 g/mol. The van der Waals surface area contributed by atoms with Crippen LogP contribution < -0.4 is 10.2 Å². The smallest absolute Gasteiger partial charge is 0.336 e. The van der Waals surface area contributed by atoms with Gasteiger partial charge in [-0.1, -0.05) is 12.1 Å². The predicted octanol–water partition coefficient (Wildman–Crippen LogP) is 2.69. The maximum atomic E-state index is 11.8. The van der Waals surface area contributed by atoms with Gasteiger partial charge in [-0.15, -0.1) is 0 Å². The third-order valence-corrected chi connectivity index (χ3v) is 3.32. The number of hydrogen-bond acceptors (Lipinski definition) is 6. The van der Waals surface area contributed by atoms with Gasteiger partial charge in [0.15, 0.2) is 5.69 Å². The van der Waals surface area contributed by atoms with E-state index in [-0.39, 0.29) is 5.69 Å². The summed E-state index contributed by atoms with van der Waals surface area (Å²) in [6, 6.07) is 11.8.